The number of aromatic nitrogens is 1. The average Bonchev–Trinajstić information content (AvgIpc) is 2.49. The van der Waals surface area contributed by atoms with Gasteiger partial charge in [0.25, 0.3) is 0 Å². The molecule has 0 radical (unpaired) electrons. The summed E-state index contributed by atoms with van der Waals surface area (Å²) < 4.78 is 0. The van der Waals surface area contributed by atoms with Crippen molar-refractivity contribution in [3.05, 3.63) is 65.3 Å². The Morgan fingerprint density at radius 3 is 2.57 bits per heavy atom. The van der Waals surface area contributed by atoms with Gasteiger partial charge in [0.1, 0.15) is 5.56 Å². The van der Waals surface area contributed by atoms with Gasteiger partial charge in [-0.3, -0.25) is 4.98 Å². The van der Waals surface area contributed by atoms with Crippen LogP contribution in [0.3, 0.4) is 0 Å². The Bertz CT molecular complexity index is 833. The Balaban J connectivity index is 2.21. The topological polar surface area (TPSA) is 62.2 Å². The lowest BCUT2D eigenvalue weighted by molar-refractivity contribution is 0.0697. The van der Waals surface area contributed by atoms with E-state index in [1.165, 1.54) is 6.20 Å². The number of nitrogens with one attached hydrogen (secondary N) is 1. The number of anilines is 2. The van der Waals surface area contributed by atoms with Gasteiger partial charge in [-0.15, -0.1) is 0 Å². The third-order valence-corrected chi connectivity index (χ3v) is 3.47. The molecule has 0 aliphatic carbocycles. The summed E-state index contributed by atoms with van der Waals surface area (Å²) in [5, 5.41) is 13.7. The minimum atomic E-state index is -1.04. The zero-order valence-corrected chi connectivity index (χ0v) is 11.6. The van der Waals surface area contributed by atoms with Crippen molar-refractivity contribution in [2.24, 2.45) is 0 Å². The maximum Gasteiger partial charge on any atom is 0.339 e. The van der Waals surface area contributed by atoms with Crippen LogP contribution in [0, 0.1) is 0 Å². The first-order valence-corrected chi connectivity index (χ1v) is 6.67. The molecule has 0 unspecified atom stereocenters. The van der Waals surface area contributed by atoms with Crippen molar-refractivity contribution in [1.29, 1.82) is 0 Å². The van der Waals surface area contributed by atoms with Crippen molar-refractivity contribution >= 4 is 39.8 Å². The first-order chi connectivity index (χ1) is 10.2. The molecule has 104 valence electrons. The molecule has 1 heterocycles. The molecule has 5 heteroatoms. The molecule has 0 spiro atoms. The van der Waals surface area contributed by atoms with Crippen molar-refractivity contribution in [3.63, 3.8) is 0 Å². The standard InChI is InChI=1S/C16H11ClN2O2/c17-12-6-2-4-8-14(12)19-15-10-5-1-3-7-13(10)18-9-11(15)16(20)21/h1-9H,(H,18,19)(H,20,21). The van der Waals surface area contributed by atoms with E-state index >= 15 is 0 Å². The Morgan fingerprint density at radius 2 is 1.81 bits per heavy atom. The maximum atomic E-state index is 11.4. The molecule has 3 rings (SSSR count). The molecule has 2 aromatic carbocycles. The number of carboxylic acids is 1. The molecule has 0 amide bonds. The molecule has 0 aliphatic rings. The summed E-state index contributed by atoms with van der Waals surface area (Å²) in [5.41, 5.74) is 1.96. The summed E-state index contributed by atoms with van der Waals surface area (Å²) in [6.45, 7) is 0. The van der Waals surface area contributed by atoms with Crippen molar-refractivity contribution in [2.45, 2.75) is 0 Å². The van der Waals surface area contributed by atoms with Crippen LogP contribution < -0.4 is 5.32 Å². The smallest absolute Gasteiger partial charge is 0.339 e. The Hall–Kier alpha value is -2.59. The van der Waals surface area contributed by atoms with Crippen molar-refractivity contribution in [1.82, 2.24) is 4.98 Å². The molecule has 0 fully saturated rings. The number of pyridine rings is 1. The Labute approximate surface area is 126 Å². The van der Waals surface area contributed by atoms with Gasteiger partial charge in [0.05, 0.1) is 21.9 Å². The molecule has 1 aromatic heterocycles. The number of carbonyl (C=O) groups is 1. The van der Waals surface area contributed by atoms with Gasteiger partial charge in [-0.1, -0.05) is 41.9 Å². The molecule has 21 heavy (non-hydrogen) atoms. The number of hydrogen-bond acceptors (Lipinski definition) is 3. The largest absolute Gasteiger partial charge is 0.478 e. The highest BCUT2D eigenvalue weighted by Crippen LogP contribution is 2.31. The van der Waals surface area contributed by atoms with Crippen LogP contribution in [-0.2, 0) is 0 Å². The lowest BCUT2D eigenvalue weighted by Crippen LogP contribution is -2.04. The monoisotopic (exact) mass is 298 g/mol. The summed E-state index contributed by atoms with van der Waals surface area (Å²) in [5.74, 6) is -1.04. The van der Waals surface area contributed by atoms with E-state index in [9.17, 15) is 9.90 Å². The normalized spacial score (nSPS) is 10.5. The highest BCUT2D eigenvalue weighted by Gasteiger charge is 2.15. The van der Waals surface area contributed by atoms with Gasteiger partial charge in [0, 0.05) is 11.6 Å². The molecular formula is C16H11ClN2O2. The quantitative estimate of drug-likeness (QED) is 0.755. The lowest BCUT2D eigenvalue weighted by Gasteiger charge is -2.13. The van der Waals surface area contributed by atoms with Gasteiger partial charge < -0.3 is 10.4 Å². The molecule has 2 N–H and O–H groups in total. The number of nitrogens with zero attached hydrogens (tertiary/aromatic N) is 1. The van der Waals surface area contributed by atoms with Gasteiger partial charge in [-0.2, -0.15) is 0 Å². The Kier molecular flexibility index (Phi) is 3.46. The zero-order chi connectivity index (χ0) is 14.8. The van der Waals surface area contributed by atoms with E-state index in [2.05, 4.69) is 10.3 Å². The number of aromatic carboxylic acids is 1. The zero-order valence-electron chi connectivity index (χ0n) is 10.9. The second-order valence-corrected chi connectivity index (χ2v) is 4.88. The van der Waals surface area contributed by atoms with Crippen LogP contribution in [0.15, 0.2) is 54.7 Å². The Morgan fingerprint density at radius 1 is 1.10 bits per heavy atom. The highest BCUT2D eigenvalue weighted by molar-refractivity contribution is 6.33. The lowest BCUT2D eigenvalue weighted by atomic mass is 10.1. The van der Waals surface area contributed by atoms with Gasteiger partial charge in [-0.05, 0) is 18.2 Å². The van der Waals surface area contributed by atoms with Crippen LogP contribution in [0.1, 0.15) is 10.4 Å². The fraction of sp³-hybridized carbons (Fsp3) is 0. The van der Waals surface area contributed by atoms with E-state index in [1.807, 2.05) is 36.4 Å². The third kappa shape index (κ3) is 2.53. The van der Waals surface area contributed by atoms with Crippen LogP contribution in [0.5, 0.6) is 0 Å². The minimum absolute atomic E-state index is 0.105. The molecule has 4 nitrogen and oxygen atoms in total. The summed E-state index contributed by atoms with van der Waals surface area (Å²) in [6.07, 6.45) is 1.35. The molecule has 0 saturated carbocycles. The number of rotatable bonds is 3. The third-order valence-electron chi connectivity index (χ3n) is 3.14. The number of para-hydroxylation sites is 2. The van der Waals surface area contributed by atoms with E-state index in [0.29, 0.717) is 16.4 Å². The number of fused-ring (bicyclic) bond motifs is 1. The van der Waals surface area contributed by atoms with E-state index in [-0.39, 0.29) is 5.56 Å². The van der Waals surface area contributed by atoms with Crippen molar-refractivity contribution in [3.8, 4) is 0 Å². The SMILES string of the molecule is O=C(O)c1cnc2ccccc2c1Nc1ccccc1Cl. The summed E-state index contributed by atoms with van der Waals surface area (Å²) in [4.78, 5) is 15.6. The number of hydrogen-bond donors (Lipinski definition) is 2. The predicted octanol–water partition coefficient (Wildman–Crippen LogP) is 4.33. The van der Waals surface area contributed by atoms with E-state index in [4.69, 9.17) is 11.6 Å². The summed E-state index contributed by atoms with van der Waals surface area (Å²) >= 11 is 6.13. The van der Waals surface area contributed by atoms with Crippen molar-refractivity contribution in [2.75, 3.05) is 5.32 Å². The minimum Gasteiger partial charge on any atom is -0.478 e. The first kappa shape index (κ1) is 13.4. The van der Waals surface area contributed by atoms with Crippen LogP contribution in [0.2, 0.25) is 5.02 Å². The summed E-state index contributed by atoms with van der Waals surface area (Å²) in [6, 6.07) is 14.5. The van der Waals surface area contributed by atoms with E-state index < -0.39 is 5.97 Å². The fourth-order valence-electron chi connectivity index (χ4n) is 2.14. The molecule has 3 aromatic rings. The second-order valence-electron chi connectivity index (χ2n) is 4.47. The van der Waals surface area contributed by atoms with Crippen molar-refractivity contribution < 1.29 is 9.90 Å². The van der Waals surface area contributed by atoms with Crippen LogP contribution in [-0.4, -0.2) is 16.1 Å². The highest BCUT2D eigenvalue weighted by atomic mass is 35.5. The van der Waals surface area contributed by atoms with Crippen LogP contribution in [0.4, 0.5) is 11.4 Å². The van der Waals surface area contributed by atoms with Gasteiger partial charge in [0.15, 0.2) is 0 Å². The maximum absolute atomic E-state index is 11.4. The number of carboxylic acid groups (broad SMARTS) is 1. The van der Waals surface area contributed by atoms with Gasteiger partial charge in [-0.25, -0.2) is 4.79 Å². The second kappa shape index (κ2) is 5.42. The fourth-order valence-corrected chi connectivity index (χ4v) is 2.32. The molecule has 0 atom stereocenters. The van der Waals surface area contributed by atoms with Crippen LogP contribution >= 0.6 is 11.6 Å². The average molecular weight is 299 g/mol. The number of halogens is 1. The van der Waals surface area contributed by atoms with E-state index in [0.717, 1.165) is 10.9 Å². The van der Waals surface area contributed by atoms with Crippen LogP contribution in [0.25, 0.3) is 10.9 Å². The molecular weight excluding hydrogens is 288 g/mol. The van der Waals surface area contributed by atoms with Gasteiger partial charge >= 0.3 is 5.97 Å². The predicted molar refractivity (Wildman–Crippen MR) is 83.4 cm³/mol. The summed E-state index contributed by atoms with van der Waals surface area (Å²) in [7, 11) is 0. The molecule has 0 aliphatic heterocycles. The van der Waals surface area contributed by atoms with E-state index in [1.54, 1.807) is 12.1 Å². The number of benzene rings is 2. The molecule has 0 saturated heterocycles. The first-order valence-electron chi connectivity index (χ1n) is 6.29. The van der Waals surface area contributed by atoms with Gasteiger partial charge in [0.2, 0.25) is 0 Å². The molecule has 0 bridgehead atoms.